The van der Waals surface area contributed by atoms with Gasteiger partial charge in [0.05, 0.1) is 11.4 Å². The topological polar surface area (TPSA) is 97.0 Å². The van der Waals surface area contributed by atoms with Crippen molar-refractivity contribution in [1.82, 2.24) is 0 Å². The van der Waals surface area contributed by atoms with Gasteiger partial charge in [0.25, 0.3) is 0 Å². The maximum Gasteiger partial charge on any atom is 0.424 e. The number of imide groups is 1. The molecule has 3 amide bonds. The van der Waals surface area contributed by atoms with Crippen LogP contribution in [0.4, 0.5) is 35.4 Å². The van der Waals surface area contributed by atoms with Gasteiger partial charge in [0, 0.05) is 13.0 Å². The first kappa shape index (κ1) is 31.5. The number of nitrogens with zero attached hydrogens (tertiary/aromatic N) is 1. The van der Waals surface area contributed by atoms with Gasteiger partial charge in [-0.1, -0.05) is 32.9 Å². The van der Waals surface area contributed by atoms with E-state index in [0.29, 0.717) is 10.5 Å². The largest absolute Gasteiger partial charge is 0.443 e. The molecule has 0 atom stereocenters. The summed E-state index contributed by atoms with van der Waals surface area (Å²) >= 11 is 0. The quantitative estimate of drug-likeness (QED) is 0.386. The van der Waals surface area contributed by atoms with Crippen molar-refractivity contribution in [1.29, 1.82) is 0 Å². The zero-order chi connectivity index (χ0) is 29.8. The fourth-order valence-electron chi connectivity index (χ4n) is 3.37. The van der Waals surface area contributed by atoms with Crippen LogP contribution in [0, 0.1) is 17.0 Å². The first-order valence-electron chi connectivity index (χ1n) is 12.6. The third kappa shape index (κ3) is 10.2. The number of hydrogen-bond donors (Lipinski definition) is 2. The first-order valence-corrected chi connectivity index (χ1v) is 12.6. The molecule has 0 aromatic heterocycles. The molecule has 0 bridgehead atoms. The Morgan fingerprint density at radius 2 is 1.26 bits per heavy atom. The molecule has 0 spiro atoms. The van der Waals surface area contributed by atoms with E-state index in [1.54, 1.807) is 41.5 Å². The van der Waals surface area contributed by atoms with Crippen molar-refractivity contribution < 1.29 is 32.6 Å². The minimum Gasteiger partial charge on any atom is -0.443 e. The van der Waals surface area contributed by atoms with Crippen molar-refractivity contribution in [2.75, 3.05) is 15.5 Å². The van der Waals surface area contributed by atoms with E-state index in [1.165, 1.54) is 36.4 Å². The van der Waals surface area contributed by atoms with Crippen LogP contribution in [0.2, 0.25) is 0 Å². The Morgan fingerprint density at radius 3 is 1.72 bits per heavy atom. The van der Waals surface area contributed by atoms with Gasteiger partial charge in [-0.15, -0.1) is 0 Å². The summed E-state index contributed by atoms with van der Waals surface area (Å²) in [5.74, 6) is -1.85. The Hall–Kier alpha value is -3.69. The van der Waals surface area contributed by atoms with Crippen LogP contribution in [0.15, 0.2) is 36.4 Å². The molecule has 0 aliphatic heterocycles. The SMILES string of the molecule is CC(C)(C)CC(=O)Nc1ccc(NCc2ccc(F)cc2)c(F)c1N(C(=O)OC(C)(C)C)C(=O)OC(C)(C)C. The van der Waals surface area contributed by atoms with E-state index >= 15 is 4.39 Å². The minimum absolute atomic E-state index is 0.0692. The lowest BCUT2D eigenvalue weighted by Crippen LogP contribution is -2.44. The van der Waals surface area contributed by atoms with Gasteiger partial charge in [-0.05, 0) is 76.8 Å². The molecule has 0 radical (unpaired) electrons. The lowest BCUT2D eigenvalue weighted by Gasteiger charge is -2.30. The highest BCUT2D eigenvalue weighted by molar-refractivity contribution is 6.13. The van der Waals surface area contributed by atoms with Crippen LogP contribution in [0.5, 0.6) is 0 Å². The molecule has 2 aromatic rings. The predicted octanol–water partition coefficient (Wildman–Crippen LogP) is 7.63. The maximum atomic E-state index is 16.2. The van der Waals surface area contributed by atoms with Crippen molar-refractivity contribution in [3.8, 4) is 0 Å². The van der Waals surface area contributed by atoms with Gasteiger partial charge in [0.15, 0.2) is 5.82 Å². The van der Waals surface area contributed by atoms with Gasteiger partial charge >= 0.3 is 12.2 Å². The van der Waals surface area contributed by atoms with Crippen LogP contribution in [-0.2, 0) is 20.8 Å². The fraction of sp³-hybridized carbons (Fsp3) is 0.483. The lowest BCUT2D eigenvalue weighted by atomic mass is 9.92. The number of hydrogen-bond acceptors (Lipinski definition) is 6. The Kier molecular flexibility index (Phi) is 9.71. The van der Waals surface area contributed by atoms with Gasteiger partial charge in [-0.3, -0.25) is 4.79 Å². The fourth-order valence-corrected chi connectivity index (χ4v) is 3.37. The van der Waals surface area contributed by atoms with Crippen LogP contribution in [0.1, 0.15) is 74.3 Å². The van der Waals surface area contributed by atoms with E-state index < -0.39 is 46.6 Å². The molecule has 39 heavy (non-hydrogen) atoms. The molecule has 0 aliphatic carbocycles. The zero-order valence-electron chi connectivity index (χ0n) is 24.1. The monoisotopic (exact) mass is 547 g/mol. The van der Waals surface area contributed by atoms with Crippen molar-refractivity contribution in [3.05, 3.63) is 53.6 Å². The van der Waals surface area contributed by atoms with E-state index in [-0.39, 0.29) is 29.8 Å². The molecule has 0 saturated heterocycles. The van der Waals surface area contributed by atoms with Crippen LogP contribution < -0.4 is 15.5 Å². The number of carbonyl (C=O) groups excluding carboxylic acids is 3. The lowest BCUT2D eigenvalue weighted by molar-refractivity contribution is -0.117. The standard InChI is InChI=1S/C29H39F2N3O5/c1-27(2,3)16-22(35)33-21-15-14-20(32-17-18-10-12-19(30)13-11-18)23(31)24(21)34(25(36)38-28(4,5)6)26(37)39-29(7,8)9/h10-15,32H,16-17H2,1-9H3,(H,33,35). The molecule has 0 aliphatic rings. The smallest absolute Gasteiger partial charge is 0.424 e. The second-order valence-electron chi connectivity index (χ2n) is 12.4. The summed E-state index contributed by atoms with van der Waals surface area (Å²) < 4.78 is 40.3. The summed E-state index contributed by atoms with van der Waals surface area (Å²) in [6, 6.07) is 8.38. The molecule has 8 nitrogen and oxygen atoms in total. The van der Waals surface area contributed by atoms with Gasteiger partial charge < -0.3 is 20.1 Å². The van der Waals surface area contributed by atoms with Gasteiger partial charge in [0.1, 0.15) is 22.7 Å². The summed E-state index contributed by atoms with van der Waals surface area (Å²) in [5.41, 5.74) is -2.49. The zero-order valence-corrected chi connectivity index (χ0v) is 24.1. The summed E-state index contributed by atoms with van der Waals surface area (Å²) in [4.78, 5) is 39.8. The Labute approximate surface area is 229 Å². The third-order valence-corrected chi connectivity index (χ3v) is 4.85. The molecular weight excluding hydrogens is 508 g/mol. The Balaban J connectivity index is 2.63. The van der Waals surface area contributed by atoms with Crippen LogP contribution in [0.25, 0.3) is 0 Å². The third-order valence-electron chi connectivity index (χ3n) is 4.85. The van der Waals surface area contributed by atoms with E-state index in [0.717, 1.165) is 0 Å². The summed E-state index contributed by atoms with van der Waals surface area (Å²) in [7, 11) is 0. The highest BCUT2D eigenvalue weighted by Crippen LogP contribution is 2.37. The molecule has 2 N–H and O–H groups in total. The number of nitrogens with one attached hydrogen (secondary N) is 2. The predicted molar refractivity (Wildman–Crippen MR) is 148 cm³/mol. The number of benzene rings is 2. The van der Waals surface area contributed by atoms with E-state index in [2.05, 4.69) is 10.6 Å². The van der Waals surface area contributed by atoms with Gasteiger partial charge in [-0.25, -0.2) is 18.4 Å². The number of carbonyl (C=O) groups is 3. The number of amides is 3. The second-order valence-corrected chi connectivity index (χ2v) is 12.4. The van der Waals surface area contributed by atoms with E-state index in [9.17, 15) is 18.8 Å². The molecule has 2 rings (SSSR count). The minimum atomic E-state index is -1.18. The summed E-state index contributed by atoms with van der Waals surface area (Å²) in [6.07, 6.45) is -2.27. The van der Waals surface area contributed by atoms with Gasteiger partial charge in [-0.2, -0.15) is 4.90 Å². The van der Waals surface area contributed by atoms with E-state index in [1.807, 2.05) is 20.8 Å². The molecule has 10 heteroatoms. The molecule has 0 unspecified atom stereocenters. The van der Waals surface area contributed by atoms with Crippen molar-refractivity contribution >= 4 is 35.2 Å². The van der Waals surface area contributed by atoms with Crippen LogP contribution in [-0.4, -0.2) is 29.3 Å². The number of anilines is 3. The van der Waals surface area contributed by atoms with Gasteiger partial charge in [0.2, 0.25) is 5.91 Å². The van der Waals surface area contributed by atoms with E-state index in [4.69, 9.17) is 9.47 Å². The van der Waals surface area contributed by atoms with Crippen molar-refractivity contribution in [2.45, 2.75) is 86.5 Å². The molecule has 0 fully saturated rings. The number of halogens is 2. The number of ether oxygens (including phenoxy) is 2. The number of rotatable bonds is 6. The molecule has 0 heterocycles. The average molecular weight is 548 g/mol. The molecule has 0 saturated carbocycles. The summed E-state index contributed by atoms with van der Waals surface area (Å²) in [5, 5.41) is 5.52. The molecule has 214 valence electrons. The van der Waals surface area contributed by atoms with Crippen molar-refractivity contribution in [3.63, 3.8) is 0 Å². The second kappa shape index (κ2) is 12.0. The molecule has 2 aromatic carbocycles. The first-order chi connectivity index (χ1) is 17.8. The highest BCUT2D eigenvalue weighted by Gasteiger charge is 2.37. The maximum absolute atomic E-state index is 16.2. The normalized spacial score (nSPS) is 12.0. The van der Waals surface area contributed by atoms with Crippen LogP contribution in [0.3, 0.4) is 0 Å². The summed E-state index contributed by atoms with van der Waals surface area (Å²) in [6.45, 7) is 15.3. The van der Waals surface area contributed by atoms with Crippen molar-refractivity contribution in [2.24, 2.45) is 5.41 Å². The highest BCUT2D eigenvalue weighted by atomic mass is 19.1. The molecular formula is C29H39F2N3O5. The average Bonchev–Trinajstić information content (AvgIpc) is 2.72. The Morgan fingerprint density at radius 1 is 0.769 bits per heavy atom. The van der Waals surface area contributed by atoms with Crippen LogP contribution >= 0.6 is 0 Å². The Bertz CT molecular complexity index is 1170.